The minimum atomic E-state index is -0.208. The van der Waals surface area contributed by atoms with Gasteiger partial charge in [-0.3, -0.25) is 4.79 Å². The van der Waals surface area contributed by atoms with E-state index in [9.17, 15) is 4.79 Å². The molecule has 0 aliphatic carbocycles. The molecule has 31 heavy (non-hydrogen) atoms. The summed E-state index contributed by atoms with van der Waals surface area (Å²) in [7, 11) is 3.24. The van der Waals surface area contributed by atoms with Gasteiger partial charge in [0.15, 0.2) is 18.1 Å². The summed E-state index contributed by atoms with van der Waals surface area (Å²) in [6.45, 7) is 0.511. The fraction of sp³-hybridized carbons (Fsp3) is 0.250. The Labute approximate surface area is 185 Å². The van der Waals surface area contributed by atoms with Crippen LogP contribution < -0.4 is 14.2 Å². The smallest absolute Gasteiger partial charge is 0.261 e. The third kappa shape index (κ3) is 4.21. The Morgan fingerprint density at radius 2 is 1.90 bits per heavy atom. The van der Waals surface area contributed by atoms with Gasteiger partial charge in [-0.15, -0.1) is 11.3 Å². The highest BCUT2D eigenvalue weighted by Gasteiger charge is 2.34. The minimum Gasteiger partial charge on any atom is -0.493 e. The highest BCUT2D eigenvalue weighted by Crippen LogP contribution is 2.42. The molecule has 0 saturated carbocycles. The van der Waals surface area contributed by atoms with Crippen LogP contribution in [0.1, 0.15) is 27.6 Å². The molecule has 4 rings (SSSR count). The first-order valence-electron chi connectivity index (χ1n) is 9.85. The van der Waals surface area contributed by atoms with Crippen molar-refractivity contribution in [3.63, 3.8) is 0 Å². The van der Waals surface area contributed by atoms with Crippen LogP contribution in [0, 0.1) is 11.3 Å². The molecule has 0 saturated heterocycles. The first-order valence-corrected chi connectivity index (χ1v) is 10.7. The van der Waals surface area contributed by atoms with Gasteiger partial charge in [-0.25, -0.2) is 0 Å². The summed E-state index contributed by atoms with van der Waals surface area (Å²) in [6, 6.07) is 16.6. The van der Waals surface area contributed by atoms with E-state index < -0.39 is 0 Å². The van der Waals surface area contributed by atoms with Gasteiger partial charge in [-0.1, -0.05) is 6.07 Å². The largest absolute Gasteiger partial charge is 0.493 e. The Morgan fingerprint density at radius 1 is 1.16 bits per heavy atom. The van der Waals surface area contributed by atoms with E-state index in [1.807, 2.05) is 34.5 Å². The van der Waals surface area contributed by atoms with Gasteiger partial charge in [0.1, 0.15) is 5.75 Å². The number of carbonyl (C=O) groups is 1. The number of hydrogen-bond acceptors (Lipinski definition) is 6. The van der Waals surface area contributed by atoms with Gasteiger partial charge in [-0.2, -0.15) is 5.26 Å². The summed E-state index contributed by atoms with van der Waals surface area (Å²) in [5.74, 6) is 1.80. The number of rotatable bonds is 6. The van der Waals surface area contributed by atoms with Crippen LogP contribution in [0.4, 0.5) is 0 Å². The molecule has 1 aliphatic rings. The van der Waals surface area contributed by atoms with Crippen LogP contribution in [-0.4, -0.2) is 38.2 Å². The van der Waals surface area contributed by atoms with E-state index in [2.05, 4.69) is 6.07 Å². The quantitative estimate of drug-likeness (QED) is 0.582. The van der Waals surface area contributed by atoms with Gasteiger partial charge in [-0.05, 0) is 65.4 Å². The number of thiophene rings is 1. The molecule has 3 aromatic rings. The topological polar surface area (TPSA) is 71.8 Å². The van der Waals surface area contributed by atoms with E-state index in [0.29, 0.717) is 29.4 Å². The fourth-order valence-electron chi connectivity index (χ4n) is 3.82. The van der Waals surface area contributed by atoms with Crippen LogP contribution >= 0.6 is 11.3 Å². The third-order valence-corrected chi connectivity index (χ3v) is 6.28. The number of ether oxygens (including phenoxy) is 3. The molecule has 7 heteroatoms. The maximum absolute atomic E-state index is 13.2. The Hall–Kier alpha value is -3.50. The lowest BCUT2D eigenvalue weighted by atomic mass is 9.90. The average Bonchev–Trinajstić information content (AvgIpc) is 3.35. The van der Waals surface area contributed by atoms with Crippen molar-refractivity contribution in [2.24, 2.45) is 0 Å². The Morgan fingerprint density at radius 3 is 2.55 bits per heavy atom. The second kappa shape index (κ2) is 9.11. The molecule has 0 spiro atoms. The molecule has 158 valence electrons. The molecule has 0 radical (unpaired) electrons. The summed E-state index contributed by atoms with van der Waals surface area (Å²) in [6.07, 6.45) is 0.722. The van der Waals surface area contributed by atoms with Gasteiger partial charge < -0.3 is 19.1 Å². The molecule has 0 N–H and O–H groups in total. The number of benzene rings is 2. The summed E-state index contributed by atoms with van der Waals surface area (Å²) < 4.78 is 16.7. The lowest BCUT2D eigenvalue weighted by molar-refractivity contribution is -0.135. The van der Waals surface area contributed by atoms with Gasteiger partial charge in [0.25, 0.3) is 5.91 Å². The van der Waals surface area contributed by atoms with Crippen LogP contribution in [0.3, 0.4) is 0 Å². The van der Waals surface area contributed by atoms with Crippen molar-refractivity contribution < 1.29 is 19.0 Å². The van der Waals surface area contributed by atoms with Crippen molar-refractivity contribution in [1.82, 2.24) is 4.90 Å². The second-order valence-corrected chi connectivity index (χ2v) is 8.07. The second-order valence-electron chi connectivity index (χ2n) is 7.09. The molecule has 6 nitrogen and oxygen atoms in total. The molecule has 2 heterocycles. The van der Waals surface area contributed by atoms with Gasteiger partial charge in [0.2, 0.25) is 0 Å². The first kappa shape index (κ1) is 20.8. The van der Waals surface area contributed by atoms with E-state index in [0.717, 1.165) is 22.4 Å². The number of methoxy groups -OCH3 is 2. The van der Waals surface area contributed by atoms with E-state index in [1.165, 1.54) is 0 Å². The van der Waals surface area contributed by atoms with Crippen molar-refractivity contribution in [3.8, 4) is 23.3 Å². The molecule has 1 amide bonds. The molecule has 1 unspecified atom stereocenters. The van der Waals surface area contributed by atoms with Gasteiger partial charge in [0, 0.05) is 11.4 Å². The molecule has 1 aliphatic heterocycles. The van der Waals surface area contributed by atoms with E-state index in [-0.39, 0.29) is 18.6 Å². The number of nitrogens with zero attached hydrogens (tertiary/aromatic N) is 2. The summed E-state index contributed by atoms with van der Waals surface area (Å²) >= 11 is 1.62. The van der Waals surface area contributed by atoms with Crippen molar-refractivity contribution in [1.29, 1.82) is 5.26 Å². The van der Waals surface area contributed by atoms with Crippen molar-refractivity contribution in [3.05, 3.63) is 75.5 Å². The SMILES string of the molecule is COc1cc2c(cc1OC)C(c1cccs1)N(C(=O)COc1ccc(C#N)cc1)CC2. The van der Waals surface area contributed by atoms with Gasteiger partial charge in [0.05, 0.1) is 31.9 Å². The Balaban J connectivity index is 1.61. The average molecular weight is 435 g/mol. The number of hydrogen-bond donors (Lipinski definition) is 0. The lowest BCUT2D eigenvalue weighted by Gasteiger charge is -2.37. The monoisotopic (exact) mass is 434 g/mol. The molecular weight excluding hydrogens is 412 g/mol. The zero-order valence-corrected chi connectivity index (χ0v) is 18.1. The molecule has 0 fully saturated rings. The molecule has 1 atom stereocenters. The number of fused-ring (bicyclic) bond motifs is 1. The highest BCUT2D eigenvalue weighted by molar-refractivity contribution is 7.10. The number of carbonyl (C=O) groups excluding carboxylic acids is 1. The normalized spacial score (nSPS) is 15.0. The number of nitriles is 1. The molecule has 1 aromatic heterocycles. The maximum Gasteiger partial charge on any atom is 0.261 e. The van der Waals surface area contributed by atoms with Crippen LogP contribution in [0.2, 0.25) is 0 Å². The Kier molecular flexibility index (Phi) is 6.10. The molecular formula is C24H22N2O4S. The van der Waals surface area contributed by atoms with E-state index in [1.54, 1.807) is 49.8 Å². The zero-order valence-electron chi connectivity index (χ0n) is 17.3. The van der Waals surface area contributed by atoms with Crippen LogP contribution in [0.25, 0.3) is 0 Å². The Bertz CT molecular complexity index is 1100. The van der Waals surface area contributed by atoms with Gasteiger partial charge >= 0.3 is 0 Å². The lowest BCUT2D eigenvalue weighted by Crippen LogP contribution is -2.42. The van der Waals surface area contributed by atoms with E-state index in [4.69, 9.17) is 19.5 Å². The summed E-state index contributed by atoms with van der Waals surface area (Å²) in [4.78, 5) is 16.1. The molecule has 0 bridgehead atoms. The fourth-order valence-corrected chi connectivity index (χ4v) is 4.68. The van der Waals surface area contributed by atoms with E-state index >= 15 is 0 Å². The summed E-state index contributed by atoms with van der Waals surface area (Å²) in [5, 5.41) is 10.9. The maximum atomic E-state index is 13.2. The van der Waals surface area contributed by atoms with Crippen LogP contribution in [0.15, 0.2) is 53.9 Å². The zero-order chi connectivity index (χ0) is 21.8. The van der Waals surface area contributed by atoms with Crippen molar-refractivity contribution in [2.45, 2.75) is 12.5 Å². The predicted molar refractivity (Wildman–Crippen MR) is 118 cm³/mol. The first-order chi connectivity index (χ1) is 15.1. The predicted octanol–water partition coefficient (Wildman–Crippen LogP) is 4.19. The minimum absolute atomic E-state index is 0.0730. The van der Waals surface area contributed by atoms with Crippen molar-refractivity contribution >= 4 is 17.2 Å². The molecule has 2 aromatic carbocycles. The third-order valence-electron chi connectivity index (χ3n) is 5.35. The standard InChI is InChI=1S/C24H22N2O4S/c1-28-20-12-17-9-10-26(23(27)15-30-18-7-5-16(14-25)6-8-18)24(22-4-3-11-31-22)19(17)13-21(20)29-2/h3-8,11-13,24H,9-10,15H2,1-2H3. The number of amides is 1. The highest BCUT2D eigenvalue weighted by atomic mass is 32.1. The van der Waals surface area contributed by atoms with Crippen molar-refractivity contribution in [2.75, 3.05) is 27.4 Å². The van der Waals surface area contributed by atoms with Crippen LogP contribution in [-0.2, 0) is 11.2 Å². The van der Waals surface area contributed by atoms with Crippen LogP contribution in [0.5, 0.6) is 17.2 Å². The summed E-state index contributed by atoms with van der Waals surface area (Å²) in [5.41, 5.74) is 2.74.